The number of hydrogen-bond acceptors (Lipinski definition) is 4. The van der Waals surface area contributed by atoms with Crippen LogP contribution in [-0.2, 0) is 0 Å². The minimum Gasteiger partial charge on any atom is -0.476 e. The molecule has 1 atom stereocenters. The third-order valence-electron chi connectivity index (χ3n) is 1.99. The Balaban J connectivity index is 2.72. The molecule has 1 aromatic heterocycles. The Morgan fingerprint density at radius 1 is 1.73 bits per heavy atom. The quantitative estimate of drug-likeness (QED) is 0.803. The van der Waals surface area contributed by atoms with Gasteiger partial charge in [-0.1, -0.05) is 6.92 Å². The zero-order valence-corrected chi connectivity index (χ0v) is 9.54. The largest absolute Gasteiger partial charge is 0.476 e. The second-order valence-corrected chi connectivity index (χ2v) is 4.41. The Labute approximate surface area is 93.1 Å². The van der Waals surface area contributed by atoms with Crippen LogP contribution in [0.3, 0.4) is 0 Å². The molecular formula is C10H14N2O2S. The maximum absolute atomic E-state index is 10.8. The van der Waals surface area contributed by atoms with E-state index in [1.807, 2.05) is 6.26 Å². The van der Waals surface area contributed by atoms with Crippen molar-refractivity contribution in [3.05, 3.63) is 24.0 Å². The molecule has 1 heterocycles. The molecule has 0 amide bonds. The normalized spacial score (nSPS) is 12.1. The van der Waals surface area contributed by atoms with E-state index in [1.165, 1.54) is 6.20 Å². The highest BCUT2D eigenvalue weighted by Crippen LogP contribution is 2.13. The van der Waals surface area contributed by atoms with Crippen LogP contribution in [0.25, 0.3) is 0 Å². The molecule has 0 saturated carbocycles. The van der Waals surface area contributed by atoms with Crippen molar-refractivity contribution in [3.8, 4) is 0 Å². The average molecular weight is 226 g/mol. The summed E-state index contributed by atoms with van der Waals surface area (Å²) in [7, 11) is 0. The molecule has 0 aliphatic rings. The van der Waals surface area contributed by atoms with Crippen molar-refractivity contribution < 1.29 is 9.90 Å². The van der Waals surface area contributed by atoms with E-state index in [2.05, 4.69) is 17.2 Å². The Kier molecular flexibility index (Phi) is 4.42. The number of nitrogens with one attached hydrogen (secondary N) is 1. The minimum absolute atomic E-state index is 0.0748. The van der Waals surface area contributed by atoms with Gasteiger partial charge in [-0.25, -0.2) is 9.78 Å². The molecular weight excluding hydrogens is 212 g/mol. The minimum atomic E-state index is -1.00. The van der Waals surface area contributed by atoms with Crippen molar-refractivity contribution >= 4 is 23.4 Å². The van der Waals surface area contributed by atoms with Crippen molar-refractivity contribution in [1.82, 2.24) is 4.98 Å². The predicted molar refractivity (Wildman–Crippen MR) is 62.7 cm³/mol. The highest BCUT2D eigenvalue weighted by molar-refractivity contribution is 7.99. The fourth-order valence-electron chi connectivity index (χ4n) is 1.06. The van der Waals surface area contributed by atoms with Crippen LogP contribution >= 0.6 is 11.8 Å². The number of anilines is 1. The molecule has 2 N–H and O–H groups in total. The van der Waals surface area contributed by atoms with Crippen LogP contribution in [0.1, 0.15) is 17.4 Å². The van der Waals surface area contributed by atoms with Gasteiger partial charge in [0.05, 0.1) is 5.69 Å². The summed E-state index contributed by atoms with van der Waals surface area (Å²) in [5, 5.41) is 12.4. The lowest BCUT2D eigenvalue weighted by Crippen LogP contribution is -2.15. The highest BCUT2D eigenvalue weighted by atomic mass is 32.2. The number of aromatic carboxylic acids is 1. The van der Waals surface area contributed by atoms with Crippen molar-refractivity contribution in [2.75, 3.05) is 18.1 Å². The molecule has 0 radical (unpaired) electrons. The molecule has 0 aliphatic carbocycles. The van der Waals surface area contributed by atoms with Crippen LogP contribution in [0.4, 0.5) is 5.69 Å². The average Bonchev–Trinajstić information content (AvgIpc) is 2.26. The fourth-order valence-corrected chi connectivity index (χ4v) is 1.31. The second kappa shape index (κ2) is 5.60. The van der Waals surface area contributed by atoms with Crippen molar-refractivity contribution in [2.45, 2.75) is 12.2 Å². The van der Waals surface area contributed by atoms with Crippen LogP contribution < -0.4 is 5.32 Å². The van der Waals surface area contributed by atoms with Gasteiger partial charge in [0.1, 0.15) is 0 Å². The first-order chi connectivity index (χ1) is 7.15. The van der Waals surface area contributed by atoms with Crippen LogP contribution in [0.15, 0.2) is 18.3 Å². The summed E-state index contributed by atoms with van der Waals surface area (Å²) in [6.07, 6.45) is 3.50. The number of pyridine rings is 1. The van der Waals surface area contributed by atoms with Gasteiger partial charge < -0.3 is 10.4 Å². The number of carboxylic acids is 1. The van der Waals surface area contributed by atoms with Crippen molar-refractivity contribution in [3.63, 3.8) is 0 Å². The van der Waals surface area contributed by atoms with E-state index in [9.17, 15) is 4.79 Å². The molecule has 1 rings (SSSR count). The van der Waals surface area contributed by atoms with Crippen molar-refractivity contribution in [1.29, 1.82) is 0 Å². The second-order valence-electron chi connectivity index (χ2n) is 3.13. The van der Waals surface area contributed by atoms with E-state index in [0.29, 0.717) is 10.9 Å². The van der Waals surface area contributed by atoms with Gasteiger partial charge in [-0.05, 0) is 18.4 Å². The third kappa shape index (κ3) is 3.43. The Bertz CT molecular complexity index is 344. The molecule has 0 aliphatic heterocycles. The van der Waals surface area contributed by atoms with Crippen LogP contribution in [0.5, 0.6) is 0 Å². The molecule has 1 unspecified atom stereocenters. The van der Waals surface area contributed by atoms with E-state index in [0.717, 1.165) is 6.54 Å². The lowest BCUT2D eigenvalue weighted by atomic mass is 10.3. The standard InChI is InChI=1S/C10H14N2O2S/c1-7(15-2)6-12-8-4-3-5-11-9(8)10(13)14/h3-5,7,12H,6H2,1-2H3,(H,13,14). The molecule has 0 spiro atoms. The molecule has 82 valence electrons. The Morgan fingerprint density at radius 2 is 2.47 bits per heavy atom. The van der Waals surface area contributed by atoms with Gasteiger partial charge in [0.25, 0.3) is 0 Å². The number of hydrogen-bond donors (Lipinski definition) is 2. The highest BCUT2D eigenvalue weighted by Gasteiger charge is 2.10. The predicted octanol–water partition coefficient (Wildman–Crippen LogP) is 1.94. The fraction of sp³-hybridized carbons (Fsp3) is 0.400. The van der Waals surface area contributed by atoms with E-state index < -0.39 is 5.97 Å². The number of rotatable bonds is 5. The van der Waals surface area contributed by atoms with Crippen molar-refractivity contribution in [2.24, 2.45) is 0 Å². The SMILES string of the molecule is CSC(C)CNc1cccnc1C(=O)O. The Morgan fingerprint density at radius 3 is 3.07 bits per heavy atom. The summed E-state index contributed by atoms with van der Waals surface area (Å²) in [5.74, 6) is -1.00. The lowest BCUT2D eigenvalue weighted by molar-refractivity contribution is 0.0691. The summed E-state index contributed by atoms with van der Waals surface area (Å²) < 4.78 is 0. The zero-order valence-electron chi connectivity index (χ0n) is 8.73. The van der Waals surface area contributed by atoms with Gasteiger partial charge in [-0.15, -0.1) is 0 Å². The molecule has 0 saturated heterocycles. The van der Waals surface area contributed by atoms with Gasteiger partial charge in [-0.2, -0.15) is 11.8 Å². The smallest absolute Gasteiger partial charge is 0.356 e. The number of aromatic nitrogens is 1. The summed E-state index contributed by atoms with van der Waals surface area (Å²) in [6, 6.07) is 3.45. The molecule has 1 aromatic rings. The van der Waals surface area contributed by atoms with Crippen LogP contribution in [-0.4, -0.2) is 34.1 Å². The first-order valence-electron chi connectivity index (χ1n) is 4.60. The topological polar surface area (TPSA) is 62.2 Å². The summed E-state index contributed by atoms with van der Waals surface area (Å²) >= 11 is 1.73. The van der Waals surface area contributed by atoms with Gasteiger partial charge in [-0.3, -0.25) is 0 Å². The van der Waals surface area contributed by atoms with Gasteiger partial charge in [0, 0.05) is 18.0 Å². The number of nitrogens with zero attached hydrogens (tertiary/aromatic N) is 1. The molecule has 0 aromatic carbocycles. The molecule has 5 heteroatoms. The maximum Gasteiger partial charge on any atom is 0.356 e. The molecule has 0 fully saturated rings. The number of thioether (sulfide) groups is 1. The summed E-state index contributed by atoms with van der Waals surface area (Å²) in [4.78, 5) is 14.6. The van der Waals surface area contributed by atoms with E-state index >= 15 is 0 Å². The van der Waals surface area contributed by atoms with Crippen LogP contribution in [0.2, 0.25) is 0 Å². The molecule has 0 bridgehead atoms. The maximum atomic E-state index is 10.8. The van der Waals surface area contributed by atoms with Gasteiger partial charge in [0.2, 0.25) is 0 Å². The van der Waals surface area contributed by atoms with Gasteiger partial charge >= 0.3 is 5.97 Å². The lowest BCUT2D eigenvalue weighted by Gasteiger charge is -2.12. The number of carbonyl (C=O) groups is 1. The first-order valence-corrected chi connectivity index (χ1v) is 5.89. The monoisotopic (exact) mass is 226 g/mol. The van der Waals surface area contributed by atoms with E-state index in [-0.39, 0.29) is 5.69 Å². The first kappa shape index (κ1) is 11.8. The molecule has 15 heavy (non-hydrogen) atoms. The number of carboxylic acid groups (broad SMARTS) is 1. The Hall–Kier alpha value is -1.23. The van der Waals surface area contributed by atoms with Crippen LogP contribution in [0, 0.1) is 0 Å². The molecule has 4 nitrogen and oxygen atoms in total. The third-order valence-corrected chi connectivity index (χ3v) is 2.96. The summed E-state index contributed by atoms with van der Waals surface area (Å²) in [5.41, 5.74) is 0.650. The van der Waals surface area contributed by atoms with E-state index in [4.69, 9.17) is 5.11 Å². The van der Waals surface area contributed by atoms with E-state index in [1.54, 1.807) is 23.9 Å². The summed E-state index contributed by atoms with van der Waals surface area (Å²) in [6.45, 7) is 2.81. The zero-order chi connectivity index (χ0) is 11.3. The van der Waals surface area contributed by atoms with Gasteiger partial charge in [0.15, 0.2) is 5.69 Å².